The number of ether oxygens (including phenoxy) is 1. The van der Waals surface area contributed by atoms with Gasteiger partial charge in [-0.05, 0) is 37.1 Å². The molecule has 0 saturated carbocycles. The summed E-state index contributed by atoms with van der Waals surface area (Å²) >= 11 is 0. The number of amides is 1. The van der Waals surface area contributed by atoms with Gasteiger partial charge in [0, 0.05) is 36.6 Å². The molecule has 2 heterocycles. The number of benzene rings is 1. The Bertz CT molecular complexity index is 922. The van der Waals surface area contributed by atoms with Crippen LogP contribution >= 0.6 is 0 Å². The fraction of sp³-hybridized carbons (Fsp3) is 0.250. The van der Waals surface area contributed by atoms with Crippen molar-refractivity contribution in [1.29, 1.82) is 0 Å². The minimum absolute atomic E-state index is 0.118. The quantitative estimate of drug-likeness (QED) is 0.628. The number of methoxy groups -OCH3 is 1. The second-order valence-corrected chi connectivity index (χ2v) is 6.20. The molecule has 7 nitrogen and oxygen atoms in total. The number of nitrogen functional groups attached to an aromatic ring is 1. The lowest BCUT2D eigenvalue weighted by atomic mass is 10.0. The van der Waals surface area contributed by atoms with Crippen LogP contribution in [0.5, 0.6) is 5.75 Å². The number of anilines is 1. The Labute approximate surface area is 158 Å². The Morgan fingerprint density at radius 3 is 2.93 bits per heavy atom. The molecule has 1 amide bonds. The zero-order valence-electron chi connectivity index (χ0n) is 15.5. The third-order valence-corrected chi connectivity index (χ3v) is 4.29. The molecule has 0 bridgehead atoms. The van der Waals surface area contributed by atoms with Gasteiger partial charge in [-0.1, -0.05) is 12.1 Å². The summed E-state index contributed by atoms with van der Waals surface area (Å²) in [6.45, 7) is 3.24. The lowest BCUT2D eigenvalue weighted by Gasteiger charge is -2.11. The number of pyridine rings is 1. The number of carbonyl (C=O) groups is 1. The molecule has 0 radical (unpaired) electrons. The van der Waals surface area contributed by atoms with Crippen molar-refractivity contribution in [3.8, 4) is 16.9 Å². The summed E-state index contributed by atoms with van der Waals surface area (Å²) in [4.78, 5) is 20.8. The largest absolute Gasteiger partial charge is 0.495 e. The second kappa shape index (κ2) is 8.35. The van der Waals surface area contributed by atoms with Crippen molar-refractivity contribution in [3.05, 3.63) is 60.3 Å². The molecule has 3 N–H and O–H groups in total. The van der Waals surface area contributed by atoms with Crippen LogP contribution in [0.2, 0.25) is 0 Å². The minimum Gasteiger partial charge on any atom is -0.495 e. The zero-order chi connectivity index (χ0) is 19.2. The van der Waals surface area contributed by atoms with E-state index in [1.165, 1.54) is 0 Å². The average molecular weight is 365 g/mol. The van der Waals surface area contributed by atoms with Crippen molar-refractivity contribution in [3.63, 3.8) is 0 Å². The van der Waals surface area contributed by atoms with Crippen LogP contribution in [0, 0.1) is 6.92 Å². The maximum Gasteiger partial charge on any atom is 0.251 e. The minimum atomic E-state index is -0.118. The third kappa shape index (κ3) is 4.44. The van der Waals surface area contributed by atoms with Gasteiger partial charge in [-0.25, -0.2) is 9.97 Å². The Kier molecular flexibility index (Phi) is 5.71. The van der Waals surface area contributed by atoms with Gasteiger partial charge in [0.1, 0.15) is 11.6 Å². The van der Waals surface area contributed by atoms with Gasteiger partial charge >= 0.3 is 0 Å². The van der Waals surface area contributed by atoms with E-state index in [0.717, 1.165) is 29.8 Å². The molecule has 7 heteroatoms. The number of rotatable bonds is 7. The molecular weight excluding hydrogens is 342 g/mol. The van der Waals surface area contributed by atoms with Gasteiger partial charge in [-0.2, -0.15) is 0 Å². The Morgan fingerprint density at radius 1 is 1.33 bits per heavy atom. The van der Waals surface area contributed by atoms with E-state index in [9.17, 15) is 4.79 Å². The van der Waals surface area contributed by atoms with Crippen molar-refractivity contribution in [2.45, 2.75) is 19.9 Å². The molecule has 3 aromatic rings. The van der Waals surface area contributed by atoms with Crippen LogP contribution in [-0.2, 0) is 6.54 Å². The van der Waals surface area contributed by atoms with Gasteiger partial charge in [0.2, 0.25) is 0 Å². The number of nitrogens with one attached hydrogen (secondary N) is 1. The molecular formula is C20H23N5O2. The SMILES string of the molecule is COc1cc(-c2cccc(C(=O)NCCCn3ccnc3)c2)c(N)nc1C. The predicted molar refractivity (Wildman–Crippen MR) is 105 cm³/mol. The first-order valence-electron chi connectivity index (χ1n) is 8.74. The molecule has 2 aromatic heterocycles. The number of carbonyl (C=O) groups excluding carboxylic acids is 1. The summed E-state index contributed by atoms with van der Waals surface area (Å²) in [6.07, 6.45) is 6.23. The number of imidazole rings is 1. The molecule has 0 atom stereocenters. The molecule has 27 heavy (non-hydrogen) atoms. The van der Waals surface area contributed by atoms with E-state index < -0.39 is 0 Å². The van der Waals surface area contributed by atoms with Crippen LogP contribution in [0.25, 0.3) is 11.1 Å². The first-order chi connectivity index (χ1) is 13.1. The first-order valence-corrected chi connectivity index (χ1v) is 8.74. The Morgan fingerprint density at radius 2 is 2.19 bits per heavy atom. The van der Waals surface area contributed by atoms with E-state index in [-0.39, 0.29) is 5.91 Å². The Balaban J connectivity index is 1.69. The zero-order valence-corrected chi connectivity index (χ0v) is 15.5. The number of aryl methyl sites for hydroxylation is 2. The van der Waals surface area contributed by atoms with E-state index >= 15 is 0 Å². The normalized spacial score (nSPS) is 10.6. The highest BCUT2D eigenvalue weighted by atomic mass is 16.5. The highest BCUT2D eigenvalue weighted by molar-refractivity contribution is 5.95. The number of aromatic nitrogens is 3. The fourth-order valence-electron chi connectivity index (χ4n) is 2.86. The summed E-state index contributed by atoms with van der Waals surface area (Å²) < 4.78 is 7.31. The average Bonchev–Trinajstić information content (AvgIpc) is 3.19. The summed E-state index contributed by atoms with van der Waals surface area (Å²) in [5.41, 5.74) is 8.94. The van der Waals surface area contributed by atoms with Gasteiger partial charge in [0.05, 0.1) is 19.1 Å². The summed E-state index contributed by atoms with van der Waals surface area (Å²) in [6, 6.07) is 9.18. The van der Waals surface area contributed by atoms with Gasteiger partial charge in [0.25, 0.3) is 5.91 Å². The van der Waals surface area contributed by atoms with E-state index in [1.54, 1.807) is 25.7 Å². The summed E-state index contributed by atoms with van der Waals surface area (Å²) in [5.74, 6) is 0.952. The molecule has 0 aliphatic rings. The van der Waals surface area contributed by atoms with Crippen molar-refractivity contribution < 1.29 is 9.53 Å². The lowest BCUT2D eigenvalue weighted by Crippen LogP contribution is -2.25. The van der Waals surface area contributed by atoms with Crippen LogP contribution in [-0.4, -0.2) is 34.1 Å². The molecule has 0 aliphatic carbocycles. The number of nitrogens with zero attached hydrogens (tertiary/aromatic N) is 3. The van der Waals surface area contributed by atoms with Crippen LogP contribution in [0.3, 0.4) is 0 Å². The number of nitrogens with two attached hydrogens (primary N) is 1. The molecule has 0 unspecified atom stereocenters. The highest BCUT2D eigenvalue weighted by Gasteiger charge is 2.12. The van der Waals surface area contributed by atoms with E-state index in [2.05, 4.69) is 15.3 Å². The van der Waals surface area contributed by atoms with Crippen molar-refractivity contribution in [2.75, 3.05) is 19.4 Å². The topological polar surface area (TPSA) is 95.1 Å². The van der Waals surface area contributed by atoms with Gasteiger partial charge in [-0.3, -0.25) is 4.79 Å². The van der Waals surface area contributed by atoms with Crippen LogP contribution in [0.15, 0.2) is 49.1 Å². The third-order valence-electron chi connectivity index (χ3n) is 4.29. The number of hydrogen-bond donors (Lipinski definition) is 2. The van der Waals surface area contributed by atoms with E-state index in [4.69, 9.17) is 10.5 Å². The predicted octanol–water partition coefficient (Wildman–Crippen LogP) is 2.66. The van der Waals surface area contributed by atoms with Crippen molar-refractivity contribution in [2.24, 2.45) is 0 Å². The highest BCUT2D eigenvalue weighted by Crippen LogP contribution is 2.30. The maximum absolute atomic E-state index is 12.4. The van der Waals surface area contributed by atoms with Crippen molar-refractivity contribution >= 4 is 11.7 Å². The molecule has 0 saturated heterocycles. The molecule has 3 rings (SSSR count). The fourth-order valence-corrected chi connectivity index (χ4v) is 2.86. The Hall–Kier alpha value is -3.35. The first kappa shape index (κ1) is 18.4. The van der Waals surface area contributed by atoms with Gasteiger partial charge in [0.15, 0.2) is 0 Å². The van der Waals surface area contributed by atoms with Crippen LogP contribution in [0.4, 0.5) is 5.82 Å². The summed E-state index contributed by atoms with van der Waals surface area (Å²) in [5, 5.41) is 2.94. The molecule has 140 valence electrons. The number of hydrogen-bond acceptors (Lipinski definition) is 5. The lowest BCUT2D eigenvalue weighted by molar-refractivity contribution is 0.0953. The maximum atomic E-state index is 12.4. The van der Waals surface area contributed by atoms with Gasteiger partial charge < -0.3 is 20.4 Å². The monoisotopic (exact) mass is 365 g/mol. The molecule has 0 spiro atoms. The summed E-state index contributed by atoms with van der Waals surface area (Å²) in [7, 11) is 1.59. The van der Waals surface area contributed by atoms with Gasteiger partial charge in [-0.15, -0.1) is 0 Å². The van der Waals surface area contributed by atoms with Crippen LogP contribution in [0.1, 0.15) is 22.5 Å². The molecule has 1 aromatic carbocycles. The molecule has 0 aliphatic heterocycles. The second-order valence-electron chi connectivity index (χ2n) is 6.20. The smallest absolute Gasteiger partial charge is 0.251 e. The van der Waals surface area contributed by atoms with Crippen LogP contribution < -0.4 is 15.8 Å². The van der Waals surface area contributed by atoms with E-state index in [0.29, 0.717) is 23.7 Å². The van der Waals surface area contributed by atoms with Crippen molar-refractivity contribution in [1.82, 2.24) is 19.9 Å². The molecule has 0 fully saturated rings. The van der Waals surface area contributed by atoms with E-state index in [1.807, 2.05) is 42.0 Å². The standard InChI is InChI=1S/C20H23N5O2/c1-14-18(27-2)12-17(19(21)24-14)15-5-3-6-16(11-15)20(26)23-7-4-9-25-10-8-22-13-25/h3,5-6,8,10-13H,4,7,9H2,1-2H3,(H2,21,24)(H,23,26).